The number of hydrogen-bond acceptors (Lipinski definition) is 4. The monoisotopic (exact) mass is 230 g/mol. The van der Waals surface area contributed by atoms with Gasteiger partial charge in [0.2, 0.25) is 0 Å². The summed E-state index contributed by atoms with van der Waals surface area (Å²) >= 11 is 3.58. The van der Waals surface area contributed by atoms with E-state index < -0.39 is 0 Å². The minimum atomic E-state index is 0.633. The maximum Gasteiger partial charge on any atom is 0.103 e. The van der Waals surface area contributed by atoms with E-state index in [1.807, 2.05) is 11.8 Å². The molecular formula is C10H18N2S2. The van der Waals surface area contributed by atoms with Gasteiger partial charge in [0.05, 0.1) is 5.69 Å². The minimum Gasteiger partial charge on any atom is -0.326 e. The molecule has 0 aromatic carbocycles. The van der Waals surface area contributed by atoms with Crippen LogP contribution in [0.2, 0.25) is 0 Å². The van der Waals surface area contributed by atoms with Gasteiger partial charge in [0.1, 0.15) is 5.01 Å². The molecule has 2 nitrogen and oxygen atoms in total. The third-order valence-electron chi connectivity index (χ3n) is 1.88. The van der Waals surface area contributed by atoms with Crippen LogP contribution in [0.15, 0.2) is 0 Å². The molecule has 0 amide bonds. The first kappa shape index (κ1) is 12.0. The predicted octanol–water partition coefficient (Wildman–Crippen LogP) is 2.66. The van der Waals surface area contributed by atoms with Crippen molar-refractivity contribution in [3.05, 3.63) is 15.6 Å². The van der Waals surface area contributed by atoms with Crippen molar-refractivity contribution in [3.63, 3.8) is 0 Å². The lowest BCUT2D eigenvalue weighted by molar-refractivity contribution is 0.633. The molecule has 0 atom stereocenters. The molecule has 0 saturated carbocycles. The van der Waals surface area contributed by atoms with Gasteiger partial charge in [-0.15, -0.1) is 11.3 Å². The Morgan fingerprint density at radius 1 is 1.50 bits per heavy atom. The average Bonchev–Trinajstić information content (AvgIpc) is 2.47. The zero-order chi connectivity index (χ0) is 10.6. The van der Waals surface area contributed by atoms with Crippen molar-refractivity contribution in [2.24, 2.45) is 11.7 Å². The number of thioether (sulfide) groups is 1. The first-order valence-corrected chi connectivity index (χ1v) is 7.04. The van der Waals surface area contributed by atoms with E-state index in [0.717, 1.165) is 12.2 Å². The quantitative estimate of drug-likeness (QED) is 0.845. The molecule has 0 aliphatic carbocycles. The number of nitrogens with two attached hydrogens (primary N) is 1. The molecule has 1 heterocycles. The van der Waals surface area contributed by atoms with E-state index in [9.17, 15) is 0 Å². The van der Waals surface area contributed by atoms with E-state index >= 15 is 0 Å². The molecule has 0 radical (unpaired) electrons. The van der Waals surface area contributed by atoms with Crippen molar-refractivity contribution in [3.8, 4) is 0 Å². The summed E-state index contributed by atoms with van der Waals surface area (Å²) in [6.45, 7) is 5.07. The molecule has 0 fully saturated rings. The van der Waals surface area contributed by atoms with E-state index in [2.05, 4.69) is 25.1 Å². The molecule has 0 bridgehead atoms. The first-order valence-electron chi connectivity index (χ1n) is 4.83. The van der Waals surface area contributed by atoms with Gasteiger partial charge in [0.15, 0.2) is 0 Å². The van der Waals surface area contributed by atoms with Crippen molar-refractivity contribution >= 4 is 23.1 Å². The number of rotatable bonds is 5. The normalized spacial score (nSPS) is 11.2. The molecule has 0 spiro atoms. The van der Waals surface area contributed by atoms with Crippen molar-refractivity contribution in [1.82, 2.24) is 4.98 Å². The Kier molecular flexibility index (Phi) is 4.92. The van der Waals surface area contributed by atoms with Gasteiger partial charge in [-0.25, -0.2) is 4.98 Å². The van der Waals surface area contributed by atoms with E-state index in [-0.39, 0.29) is 0 Å². The van der Waals surface area contributed by atoms with Crippen LogP contribution in [-0.4, -0.2) is 11.2 Å². The Morgan fingerprint density at radius 2 is 2.21 bits per heavy atom. The van der Waals surface area contributed by atoms with Crippen LogP contribution < -0.4 is 5.73 Å². The highest BCUT2D eigenvalue weighted by molar-refractivity contribution is 7.97. The third kappa shape index (κ3) is 3.26. The minimum absolute atomic E-state index is 0.633. The summed E-state index contributed by atoms with van der Waals surface area (Å²) in [6.07, 6.45) is 3.16. The Morgan fingerprint density at radius 3 is 2.71 bits per heavy atom. The molecule has 0 aliphatic rings. The number of aromatic nitrogens is 1. The van der Waals surface area contributed by atoms with Crippen LogP contribution in [0.4, 0.5) is 0 Å². The van der Waals surface area contributed by atoms with Gasteiger partial charge >= 0.3 is 0 Å². The van der Waals surface area contributed by atoms with Crippen LogP contribution in [0.5, 0.6) is 0 Å². The van der Waals surface area contributed by atoms with E-state index in [0.29, 0.717) is 12.5 Å². The number of nitrogens with zero attached hydrogens (tertiary/aromatic N) is 1. The summed E-state index contributed by atoms with van der Waals surface area (Å²) in [5.41, 5.74) is 6.92. The van der Waals surface area contributed by atoms with Crippen molar-refractivity contribution in [2.45, 2.75) is 32.6 Å². The molecule has 14 heavy (non-hydrogen) atoms. The molecular weight excluding hydrogens is 212 g/mol. The van der Waals surface area contributed by atoms with Gasteiger partial charge in [-0.3, -0.25) is 0 Å². The summed E-state index contributed by atoms with van der Waals surface area (Å²) in [7, 11) is 0. The molecule has 0 saturated heterocycles. The summed E-state index contributed by atoms with van der Waals surface area (Å²) in [6, 6.07) is 0. The maximum atomic E-state index is 5.70. The van der Waals surface area contributed by atoms with E-state index in [1.165, 1.54) is 15.6 Å². The fourth-order valence-corrected chi connectivity index (χ4v) is 3.00. The predicted molar refractivity (Wildman–Crippen MR) is 65.8 cm³/mol. The molecule has 1 rings (SSSR count). The van der Waals surface area contributed by atoms with Crippen molar-refractivity contribution in [1.29, 1.82) is 0 Å². The van der Waals surface area contributed by atoms with Crippen LogP contribution >= 0.6 is 23.1 Å². The van der Waals surface area contributed by atoms with Crippen LogP contribution in [0.3, 0.4) is 0 Å². The number of thiazole rings is 1. The SMILES string of the molecule is CSCc1nc(CC(C)C)c(CN)s1. The van der Waals surface area contributed by atoms with Gasteiger partial charge in [-0.1, -0.05) is 13.8 Å². The van der Waals surface area contributed by atoms with Gasteiger partial charge in [-0.05, 0) is 18.6 Å². The first-order chi connectivity index (χ1) is 6.67. The zero-order valence-corrected chi connectivity index (χ0v) is 10.7. The highest BCUT2D eigenvalue weighted by Crippen LogP contribution is 2.23. The van der Waals surface area contributed by atoms with Crippen LogP contribution in [-0.2, 0) is 18.7 Å². The fraction of sp³-hybridized carbons (Fsp3) is 0.700. The molecule has 1 aromatic heterocycles. The van der Waals surface area contributed by atoms with Crippen LogP contribution in [0, 0.1) is 5.92 Å². The molecule has 0 unspecified atom stereocenters. The van der Waals surface area contributed by atoms with Crippen molar-refractivity contribution in [2.75, 3.05) is 6.26 Å². The average molecular weight is 230 g/mol. The second-order valence-corrected chi connectivity index (χ2v) is 5.75. The summed E-state index contributed by atoms with van der Waals surface area (Å²) in [5, 5.41) is 1.22. The Bertz CT molecular complexity index is 282. The molecule has 4 heteroatoms. The van der Waals surface area contributed by atoms with Crippen LogP contribution in [0.1, 0.15) is 29.4 Å². The smallest absolute Gasteiger partial charge is 0.103 e. The lowest BCUT2D eigenvalue weighted by atomic mass is 10.1. The Labute approximate surface area is 94.3 Å². The lowest BCUT2D eigenvalue weighted by Gasteiger charge is -2.02. The van der Waals surface area contributed by atoms with Crippen LogP contribution in [0.25, 0.3) is 0 Å². The second kappa shape index (κ2) is 5.73. The number of hydrogen-bond donors (Lipinski definition) is 1. The summed E-state index contributed by atoms with van der Waals surface area (Å²) < 4.78 is 0. The molecule has 80 valence electrons. The highest BCUT2D eigenvalue weighted by atomic mass is 32.2. The zero-order valence-electron chi connectivity index (χ0n) is 9.04. The van der Waals surface area contributed by atoms with Gasteiger partial charge in [-0.2, -0.15) is 11.8 Å². The molecule has 1 aromatic rings. The Balaban J connectivity index is 2.79. The molecule has 0 aliphatic heterocycles. The largest absolute Gasteiger partial charge is 0.326 e. The van der Waals surface area contributed by atoms with Gasteiger partial charge < -0.3 is 5.73 Å². The van der Waals surface area contributed by atoms with E-state index in [4.69, 9.17) is 5.73 Å². The van der Waals surface area contributed by atoms with Gasteiger partial charge in [0.25, 0.3) is 0 Å². The summed E-state index contributed by atoms with van der Waals surface area (Å²) in [5.74, 6) is 1.67. The van der Waals surface area contributed by atoms with Gasteiger partial charge in [0, 0.05) is 17.2 Å². The van der Waals surface area contributed by atoms with E-state index in [1.54, 1.807) is 11.3 Å². The highest BCUT2D eigenvalue weighted by Gasteiger charge is 2.10. The summed E-state index contributed by atoms with van der Waals surface area (Å²) in [4.78, 5) is 5.90. The fourth-order valence-electron chi connectivity index (χ4n) is 1.33. The maximum absolute atomic E-state index is 5.70. The Hall–Kier alpha value is -0.0600. The lowest BCUT2D eigenvalue weighted by Crippen LogP contribution is -2.02. The van der Waals surface area contributed by atoms with Crippen molar-refractivity contribution < 1.29 is 0 Å². The molecule has 2 N–H and O–H groups in total. The third-order valence-corrected chi connectivity index (χ3v) is 3.74. The standard InChI is InChI=1S/C10H18N2S2/c1-7(2)4-8-9(5-11)14-10(12-8)6-13-3/h7H,4-6,11H2,1-3H3. The second-order valence-electron chi connectivity index (χ2n) is 3.71. The topological polar surface area (TPSA) is 38.9 Å².